The number of hydrogen-bond acceptors (Lipinski definition) is 6. The highest BCUT2D eigenvalue weighted by atomic mass is 32.2. The van der Waals surface area contributed by atoms with E-state index in [2.05, 4.69) is 0 Å². The van der Waals surface area contributed by atoms with E-state index in [9.17, 15) is 33.0 Å². The minimum atomic E-state index is -4.13. The Morgan fingerprint density at radius 2 is 1.59 bits per heavy atom. The van der Waals surface area contributed by atoms with Gasteiger partial charge in [-0.2, -0.15) is 0 Å². The molecule has 0 unspecified atom stereocenters. The van der Waals surface area contributed by atoms with Crippen LogP contribution in [0.4, 0.5) is 0 Å². The third kappa shape index (κ3) is 3.60. The molecule has 0 amide bonds. The average molecular weight is 415 g/mol. The number of carbonyl (C=O) groups excluding carboxylic acids is 1. The number of carbonyl (C=O) groups is 3. The fourth-order valence-corrected chi connectivity index (χ4v) is 4.10. The van der Waals surface area contributed by atoms with Crippen molar-refractivity contribution in [1.82, 2.24) is 3.97 Å². The van der Waals surface area contributed by atoms with Gasteiger partial charge in [0.1, 0.15) is 5.76 Å². The number of nitrogens with zero attached hydrogens (tertiary/aromatic N) is 1. The molecule has 0 saturated heterocycles. The first-order chi connectivity index (χ1) is 13.6. The van der Waals surface area contributed by atoms with Crippen LogP contribution in [0.1, 0.15) is 15.9 Å². The van der Waals surface area contributed by atoms with E-state index in [0.717, 1.165) is 16.2 Å². The molecular formula is C19H13NO8S. The van der Waals surface area contributed by atoms with Crippen LogP contribution >= 0.6 is 0 Å². The molecule has 0 fully saturated rings. The summed E-state index contributed by atoms with van der Waals surface area (Å²) in [7, 11) is -4.13. The van der Waals surface area contributed by atoms with Crippen LogP contribution in [0.2, 0.25) is 0 Å². The van der Waals surface area contributed by atoms with Crippen LogP contribution in [0.5, 0.6) is 0 Å². The van der Waals surface area contributed by atoms with Crippen molar-refractivity contribution in [2.24, 2.45) is 0 Å². The van der Waals surface area contributed by atoms with Gasteiger partial charge >= 0.3 is 11.9 Å². The predicted molar refractivity (Wildman–Crippen MR) is 101 cm³/mol. The van der Waals surface area contributed by atoms with E-state index in [1.54, 1.807) is 6.07 Å². The highest BCUT2D eigenvalue weighted by molar-refractivity contribution is 7.90. The van der Waals surface area contributed by atoms with Crippen LogP contribution in [-0.2, 0) is 19.6 Å². The molecule has 0 aliphatic carbocycles. The van der Waals surface area contributed by atoms with Crippen LogP contribution in [0.15, 0.2) is 65.7 Å². The lowest BCUT2D eigenvalue weighted by atomic mass is 10.1. The highest BCUT2D eigenvalue weighted by Crippen LogP contribution is 2.30. The smallest absolute Gasteiger partial charge is 0.376 e. The summed E-state index contributed by atoms with van der Waals surface area (Å²) in [6, 6.07) is 10.9. The topological polar surface area (TPSA) is 151 Å². The number of benzene rings is 2. The monoisotopic (exact) mass is 415 g/mol. The van der Waals surface area contributed by atoms with Gasteiger partial charge in [-0.15, -0.1) is 0 Å². The van der Waals surface area contributed by atoms with Crippen LogP contribution in [0.25, 0.3) is 16.7 Å². The zero-order valence-corrected chi connectivity index (χ0v) is 15.3. The number of ketones is 1. The SMILES string of the molecule is O=C(O)C(=O)/C=C(/O)c1cn(S(=O)(=O)c2ccccc2)c2ccc(C(=O)O)cc12. The molecule has 148 valence electrons. The maximum absolute atomic E-state index is 13.0. The fraction of sp³-hybridized carbons (Fsp3) is 0. The Labute approximate surface area is 163 Å². The van der Waals surface area contributed by atoms with Crippen LogP contribution in [0.3, 0.4) is 0 Å². The van der Waals surface area contributed by atoms with E-state index < -0.39 is 33.5 Å². The molecule has 0 aliphatic rings. The van der Waals surface area contributed by atoms with E-state index in [-0.39, 0.29) is 26.9 Å². The van der Waals surface area contributed by atoms with E-state index in [0.29, 0.717) is 6.08 Å². The van der Waals surface area contributed by atoms with Crippen LogP contribution in [0, 0.1) is 0 Å². The third-order valence-corrected chi connectivity index (χ3v) is 5.76. The summed E-state index contributed by atoms with van der Waals surface area (Å²) in [5, 5.41) is 28.2. The Balaban J connectivity index is 2.32. The highest BCUT2D eigenvalue weighted by Gasteiger charge is 2.24. The van der Waals surface area contributed by atoms with Gasteiger partial charge in [-0.1, -0.05) is 18.2 Å². The molecule has 10 heteroatoms. The second-order valence-electron chi connectivity index (χ2n) is 5.89. The van der Waals surface area contributed by atoms with Gasteiger partial charge in [0, 0.05) is 23.2 Å². The number of fused-ring (bicyclic) bond motifs is 1. The lowest BCUT2D eigenvalue weighted by molar-refractivity contribution is -0.146. The van der Waals surface area contributed by atoms with Gasteiger partial charge in [0.05, 0.1) is 16.0 Å². The molecule has 3 rings (SSSR count). The summed E-state index contributed by atoms with van der Waals surface area (Å²) >= 11 is 0. The van der Waals surface area contributed by atoms with Gasteiger partial charge < -0.3 is 15.3 Å². The number of aliphatic carboxylic acids is 1. The molecule has 0 aliphatic heterocycles. The number of rotatable bonds is 6. The molecule has 0 bridgehead atoms. The number of aromatic nitrogens is 1. The molecule has 2 aromatic carbocycles. The minimum Gasteiger partial charge on any atom is -0.507 e. The molecule has 1 aromatic heterocycles. The van der Waals surface area contributed by atoms with Gasteiger partial charge in [-0.25, -0.2) is 22.0 Å². The number of aliphatic hydroxyl groups is 1. The largest absolute Gasteiger partial charge is 0.507 e. The van der Waals surface area contributed by atoms with Crippen molar-refractivity contribution >= 4 is 44.4 Å². The maximum atomic E-state index is 13.0. The fourth-order valence-electron chi connectivity index (χ4n) is 2.71. The first-order valence-corrected chi connectivity index (χ1v) is 9.44. The van der Waals surface area contributed by atoms with E-state index in [4.69, 9.17) is 5.11 Å². The van der Waals surface area contributed by atoms with Crippen molar-refractivity contribution in [2.75, 3.05) is 0 Å². The molecule has 3 aromatic rings. The predicted octanol–water partition coefficient (Wildman–Crippen LogP) is 2.13. The standard InChI is InChI=1S/C19H13NO8S/c21-16(9-17(22)19(25)26)14-10-20(29(27,28)12-4-2-1-3-5-12)15-7-6-11(18(23)24)8-13(14)15/h1-10,21H,(H,23,24)(H,25,26)/b16-9+. The van der Waals surface area contributed by atoms with Crippen molar-refractivity contribution in [2.45, 2.75) is 4.90 Å². The Kier molecular flexibility index (Phi) is 4.95. The van der Waals surface area contributed by atoms with Gasteiger partial charge in [0.25, 0.3) is 15.8 Å². The number of carboxylic acids is 2. The quantitative estimate of drug-likeness (QED) is 0.315. The average Bonchev–Trinajstić information content (AvgIpc) is 3.08. The Hall–Kier alpha value is -3.92. The minimum absolute atomic E-state index is 0.0105. The number of hydrogen-bond donors (Lipinski definition) is 3. The van der Waals surface area contributed by atoms with E-state index in [1.807, 2.05) is 0 Å². The number of carboxylic acid groups (broad SMARTS) is 2. The Morgan fingerprint density at radius 1 is 0.931 bits per heavy atom. The molecule has 9 nitrogen and oxygen atoms in total. The first-order valence-electron chi connectivity index (χ1n) is 8.00. The van der Waals surface area contributed by atoms with Crippen molar-refractivity contribution in [3.05, 3.63) is 71.9 Å². The second-order valence-corrected chi connectivity index (χ2v) is 7.71. The molecule has 29 heavy (non-hydrogen) atoms. The maximum Gasteiger partial charge on any atom is 0.376 e. The zero-order valence-electron chi connectivity index (χ0n) is 14.5. The summed E-state index contributed by atoms with van der Waals surface area (Å²) in [6.07, 6.45) is 1.42. The van der Waals surface area contributed by atoms with Gasteiger partial charge in [-0.05, 0) is 30.3 Å². The lowest BCUT2D eigenvalue weighted by Gasteiger charge is -2.07. The normalized spacial score (nSPS) is 12.1. The number of aliphatic hydroxyl groups excluding tert-OH is 1. The van der Waals surface area contributed by atoms with E-state index >= 15 is 0 Å². The third-order valence-electron chi connectivity index (χ3n) is 4.07. The molecule has 0 radical (unpaired) electrons. The van der Waals surface area contributed by atoms with Crippen molar-refractivity contribution in [3.8, 4) is 0 Å². The Bertz CT molecular complexity index is 1290. The number of aromatic carboxylic acids is 1. The van der Waals surface area contributed by atoms with Crippen molar-refractivity contribution in [3.63, 3.8) is 0 Å². The molecular weight excluding hydrogens is 402 g/mol. The first kappa shape index (κ1) is 19.8. The summed E-state index contributed by atoms with van der Waals surface area (Å²) < 4.78 is 26.9. The van der Waals surface area contributed by atoms with E-state index in [1.165, 1.54) is 36.4 Å². The summed E-state index contributed by atoms with van der Waals surface area (Å²) in [4.78, 5) is 33.4. The Morgan fingerprint density at radius 3 is 2.17 bits per heavy atom. The van der Waals surface area contributed by atoms with Gasteiger partial charge in [0.2, 0.25) is 0 Å². The molecule has 0 saturated carbocycles. The summed E-state index contributed by atoms with van der Waals surface area (Å²) in [6.45, 7) is 0. The van der Waals surface area contributed by atoms with Crippen molar-refractivity contribution in [1.29, 1.82) is 0 Å². The summed E-state index contributed by atoms with van der Waals surface area (Å²) in [5.41, 5.74) is -0.361. The van der Waals surface area contributed by atoms with Crippen LogP contribution < -0.4 is 0 Å². The second kappa shape index (κ2) is 7.24. The van der Waals surface area contributed by atoms with Crippen LogP contribution in [-0.4, -0.2) is 45.4 Å². The van der Waals surface area contributed by atoms with Gasteiger partial charge in [0.15, 0.2) is 0 Å². The lowest BCUT2D eigenvalue weighted by Crippen LogP contribution is -2.12. The molecule has 1 heterocycles. The van der Waals surface area contributed by atoms with Gasteiger partial charge in [-0.3, -0.25) is 4.79 Å². The zero-order chi connectivity index (χ0) is 21.3. The van der Waals surface area contributed by atoms with Crippen molar-refractivity contribution < 1.29 is 38.1 Å². The molecule has 0 atom stereocenters. The summed E-state index contributed by atoms with van der Waals surface area (Å²) in [5.74, 6) is -5.35. The molecule has 3 N–H and O–H groups in total. The molecule has 0 spiro atoms.